The van der Waals surface area contributed by atoms with Crippen LogP contribution < -0.4 is 11.1 Å². The SMILES string of the molecule is NC(=NCc1ccccc1CN1CCC(O)CC1)NCCc1ccccc1. The number of rotatable bonds is 7. The van der Waals surface area contributed by atoms with E-state index in [9.17, 15) is 5.11 Å². The summed E-state index contributed by atoms with van der Waals surface area (Å²) in [6.07, 6.45) is 2.51. The van der Waals surface area contributed by atoms with Crippen molar-refractivity contribution in [1.29, 1.82) is 0 Å². The fourth-order valence-corrected chi connectivity index (χ4v) is 3.39. The molecule has 1 saturated heterocycles. The van der Waals surface area contributed by atoms with Gasteiger partial charge < -0.3 is 16.2 Å². The van der Waals surface area contributed by atoms with E-state index in [1.54, 1.807) is 0 Å². The number of nitrogens with two attached hydrogens (primary N) is 1. The Labute approximate surface area is 161 Å². The van der Waals surface area contributed by atoms with Gasteiger partial charge in [0.2, 0.25) is 0 Å². The summed E-state index contributed by atoms with van der Waals surface area (Å²) >= 11 is 0. The van der Waals surface area contributed by atoms with Crippen molar-refractivity contribution in [2.24, 2.45) is 10.7 Å². The Balaban J connectivity index is 1.50. The number of aliphatic imine (C=N–C) groups is 1. The molecule has 27 heavy (non-hydrogen) atoms. The van der Waals surface area contributed by atoms with Gasteiger partial charge in [-0.2, -0.15) is 0 Å². The second-order valence-electron chi connectivity index (χ2n) is 7.14. The van der Waals surface area contributed by atoms with Crippen molar-refractivity contribution in [3.8, 4) is 0 Å². The Hall–Kier alpha value is -2.37. The molecule has 2 aromatic carbocycles. The van der Waals surface area contributed by atoms with Crippen molar-refractivity contribution in [2.45, 2.75) is 38.5 Å². The summed E-state index contributed by atoms with van der Waals surface area (Å²) in [5, 5.41) is 12.9. The molecule has 5 heteroatoms. The molecule has 0 aromatic heterocycles. The predicted octanol–water partition coefficient (Wildman–Crippen LogP) is 2.29. The zero-order chi connectivity index (χ0) is 18.9. The smallest absolute Gasteiger partial charge is 0.188 e. The third-order valence-electron chi connectivity index (χ3n) is 5.05. The number of likely N-dealkylation sites (tertiary alicyclic amines) is 1. The van der Waals surface area contributed by atoms with Crippen molar-refractivity contribution in [3.63, 3.8) is 0 Å². The topological polar surface area (TPSA) is 73.9 Å². The molecule has 5 nitrogen and oxygen atoms in total. The molecule has 0 bridgehead atoms. The van der Waals surface area contributed by atoms with Crippen molar-refractivity contribution >= 4 is 5.96 Å². The molecule has 1 aliphatic heterocycles. The van der Waals surface area contributed by atoms with Gasteiger partial charge in [-0.15, -0.1) is 0 Å². The minimum absolute atomic E-state index is 0.136. The number of nitrogens with zero attached hydrogens (tertiary/aromatic N) is 2. The van der Waals surface area contributed by atoms with Crippen LogP contribution in [0.15, 0.2) is 59.6 Å². The number of hydrogen-bond acceptors (Lipinski definition) is 3. The summed E-state index contributed by atoms with van der Waals surface area (Å²) < 4.78 is 0. The number of aliphatic hydroxyl groups is 1. The summed E-state index contributed by atoms with van der Waals surface area (Å²) in [5.41, 5.74) is 9.81. The van der Waals surface area contributed by atoms with Crippen LogP contribution in [0.4, 0.5) is 0 Å². The van der Waals surface area contributed by atoms with Gasteiger partial charge in [0, 0.05) is 26.2 Å². The molecular weight excluding hydrogens is 336 g/mol. The molecule has 0 spiro atoms. The monoisotopic (exact) mass is 366 g/mol. The lowest BCUT2D eigenvalue weighted by Crippen LogP contribution is -2.35. The third kappa shape index (κ3) is 6.38. The second-order valence-corrected chi connectivity index (χ2v) is 7.14. The molecule has 0 aliphatic carbocycles. The van der Waals surface area contributed by atoms with Crippen LogP contribution in [0.1, 0.15) is 29.5 Å². The van der Waals surface area contributed by atoms with E-state index >= 15 is 0 Å². The Morgan fingerprint density at radius 1 is 1.04 bits per heavy atom. The Morgan fingerprint density at radius 3 is 2.44 bits per heavy atom. The minimum Gasteiger partial charge on any atom is -0.393 e. The van der Waals surface area contributed by atoms with Crippen molar-refractivity contribution < 1.29 is 5.11 Å². The van der Waals surface area contributed by atoms with E-state index in [-0.39, 0.29) is 6.10 Å². The highest BCUT2D eigenvalue weighted by Gasteiger charge is 2.17. The molecule has 4 N–H and O–H groups in total. The molecular formula is C22H30N4O. The van der Waals surface area contributed by atoms with Crippen LogP contribution in [0.5, 0.6) is 0 Å². The predicted molar refractivity (Wildman–Crippen MR) is 110 cm³/mol. The van der Waals surface area contributed by atoms with E-state index in [1.165, 1.54) is 16.7 Å². The number of benzene rings is 2. The lowest BCUT2D eigenvalue weighted by Gasteiger charge is -2.30. The van der Waals surface area contributed by atoms with Gasteiger partial charge in [-0.1, -0.05) is 54.6 Å². The fourth-order valence-electron chi connectivity index (χ4n) is 3.39. The summed E-state index contributed by atoms with van der Waals surface area (Å²) in [4.78, 5) is 6.92. The van der Waals surface area contributed by atoms with Gasteiger partial charge in [-0.3, -0.25) is 4.90 Å². The van der Waals surface area contributed by atoms with Crippen LogP contribution in [0, 0.1) is 0 Å². The average Bonchev–Trinajstić information content (AvgIpc) is 2.70. The minimum atomic E-state index is -0.136. The van der Waals surface area contributed by atoms with Gasteiger partial charge in [0.15, 0.2) is 5.96 Å². The van der Waals surface area contributed by atoms with Gasteiger partial charge in [-0.25, -0.2) is 4.99 Å². The highest BCUT2D eigenvalue weighted by Crippen LogP contribution is 2.17. The molecule has 3 rings (SSSR count). The van der Waals surface area contributed by atoms with Gasteiger partial charge >= 0.3 is 0 Å². The number of piperidine rings is 1. The van der Waals surface area contributed by atoms with Crippen molar-refractivity contribution in [1.82, 2.24) is 10.2 Å². The van der Waals surface area contributed by atoms with Crippen molar-refractivity contribution in [2.75, 3.05) is 19.6 Å². The second kappa shape index (κ2) is 10.1. The summed E-state index contributed by atoms with van der Waals surface area (Å²) in [6, 6.07) is 18.8. The number of nitrogens with one attached hydrogen (secondary N) is 1. The van der Waals surface area contributed by atoms with E-state index in [1.807, 2.05) is 24.3 Å². The van der Waals surface area contributed by atoms with Crippen LogP contribution in [-0.4, -0.2) is 41.7 Å². The Kier molecular flexibility index (Phi) is 7.25. The van der Waals surface area contributed by atoms with Crippen LogP contribution in [0.2, 0.25) is 0 Å². The largest absolute Gasteiger partial charge is 0.393 e. The number of guanidine groups is 1. The maximum atomic E-state index is 9.67. The lowest BCUT2D eigenvalue weighted by molar-refractivity contribution is 0.0791. The fraction of sp³-hybridized carbons (Fsp3) is 0.409. The van der Waals surface area contributed by atoms with Crippen LogP contribution in [0.3, 0.4) is 0 Å². The molecule has 1 heterocycles. The molecule has 0 unspecified atom stereocenters. The van der Waals surface area contributed by atoms with E-state index in [2.05, 4.69) is 45.5 Å². The molecule has 1 aliphatic rings. The Bertz CT molecular complexity index is 724. The first kappa shape index (κ1) is 19.4. The van der Waals surface area contributed by atoms with Gasteiger partial charge in [0.25, 0.3) is 0 Å². The van der Waals surface area contributed by atoms with E-state index in [0.29, 0.717) is 12.5 Å². The van der Waals surface area contributed by atoms with E-state index in [4.69, 9.17) is 5.73 Å². The first-order chi connectivity index (χ1) is 13.2. The highest BCUT2D eigenvalue weighted by atomic mass is 16.3. The number of aliphatic hydroxyl groups excluding tert-OH is 1. The quantitative estimate of drug-likeness (QED) is 0.519. The zero-order valence-corrected chi connectivity index (χ0v) is 15.8. The molecule has 2 aromatic rings. The van der Waals surface area contributed by atoms with E-state index < -0.39 is 0 Å². The van der Waals surface area contributed by atoms with Gasteiger partial charge in [0.05, 0.1) is 12.6 Å². The average molecular weight is 367 g/mol. The summed E-state index contributed by atoms with van der Waals surface area (Å²) in [7, 11) is 0. The molecule has 144 valence electrons. The Morgan fingerprint density at radius 2 is 1.70 bits per heavy atom. The van der Waals surface area contributed by atoms with Crippen LogP contribution >= 0.6 is 0 Å². The molecule has 0 amide bonds. The lowest BCUT2D eigenvalue weighted by atomic mass is 10.0. The first-order valence-corrected chi connectivity index (χ1v) is 9.75. The maximum absolute atomic E-state index is 9.67. The van der Waals surface area contributed by atoms with E-state index in [0.717, 1.165) is 45.4 Å². The third-order valence-corrected chi connectivity index (χ3v) is 5.05. The normalized spacial score (nSPS) is 16.4. The van der Waals surface area contributed by atoms with Crippen LogP contribution in [-0.2, 0) is 19.5 Å². The zero-order valence-electron chi connectivity index (χ0n) is 15.8. The molecule has 0 atom stereocenters. The molecule has 1 fully saturated rings. The molecule has 0 radical (unpaired) electrons. The van der Waals surface area contributed by atoms with Crippen molar-refractivity contribution in [3.05, 3.63) is 71.3 Å². The highest BCUT2D eigenvalue weighted by molar-refractivity contribution is 5.77. The summed E-state index contributed by atoms with van der Waals surface area (Å²) in [5.74, 6) is 0.488. The van der Waals surface area contributed by atoms with Crippen LogP contribution in [0.25, 0.3) is 0 Å². The number of hydrogen-bond donors (Lipinski definition) is 3. The molecule has 0 saturated carbocycles. The first-order valence-electron chi connectivity index (χ1n) is 9.75. The summed E-state index contributed by atoms with van der Waals surface area (Å²) in [6.45, 7) is 4.15. The van der Waals surface area contributed by atoms with Gasteiger partial charge in [-0.05, 0) is 36.0 Å². The van der Waals surface area contributed by atoms with Gasteiger partial charge in [0.1, 0.15) is 0 Å². The standard InChI is InChI=1S/C22H30N4O/c23-22(24-13-10-18-6-2-1-3-7-18)25-16-19-8-4-5-9-20(19)17-26-14-11-21(27)12-15-26/h1-9,21,27H,10-17H2,(H3,23,24,25). The maximum Gasteiger partial charge on any atom is 0.188 e.